The first-order valence-corrected chi connectivity index (χ1v) is 6.17. The first-order chi connectivity index (χ1) is 9.01. The number of rotatable bonds is 4. The lowest BCUT2D eigenvalue weighted by Gasteiger charge is -2.14. The van der Waals surface area contributed by atoms with Crippen LogP contribution in [0.15, 0.2) is 6.20 Å². The Hall–Kier alpha value is -2.18. The number of amides is 1. The second-order valence-corrected chi connectivity index (χ2v) is 4.51. The molecule has 0 unspecified atom stereocenters. The first-order valence-electron chi connectivity index (χ1n) is 6.17. The Kier molecular flexibility index (Phi) is 3.64. The van der Waals surface area contributed by atoms with Crippen LogP contribution < -0.4 is 0 Å². The van der Waals surface area contributed by atoms with Gasteiger partial charge in [0.2, 0.25) is 0 Å². The van der Waals surface area contributed by atoms with E-state index in [1.807, 2.05) is 20.9 Å². The lowest BCUT2D eigenvalue weighted by molar-refractivity contribution is 0.0780. The lowest BCUT2D eigenvalue weighted by Crippen LogP contribution is -2.27. The summed E-state index contributed by atoms with van der Waals surface area (Å²) < 4.78 is 1.66. The van der Waals surface area contributed by atoms with Gasteiger partial charge in [-0.2, -0.15) is 10.2 Å². The highest BCUT2D eigenvalue weighted by molar-refractivity contribution is 5.94. The number of nitrogens with one attached hydrogen (secondary N) is 1. The molecular formula is C12H18N6O. The minimum Gasteiger partial charge on any atom is -0.334 e. The minimum absolute atomic E-state index is 0.0626. The number of hydrogen-bond donors (Lipinski definition) is 1. The van der Waals surface area contributed by atoms with Crippen molar-refractivity contribution in [3.05, 3.63) is 29.1 Å². The number of aromatic nitrogens is 5. The molecular weight excluding hydrogens is 244 g/mol. The van der Waals surface area contributed by atoms with Crippen molar-refractivity contribution in [1.82, 2.24) is 29.9 Å². The van der Waals surface area contributed by atoms with Crippen LogP contribution in [-0.4, -0.2) is 42.8 Å². The fourth-order valence-corrected chi connectivity index (χ4v) is 1.92. The predicted octanol–water partition coefficient (Wildman–Crippen LogP) is 0.681. The zero-order valence-corrected chi connectivity index (χ0v) is 11.6. The van der Waals surface area contributed by atoms with Gasteiger partial charge in [-0.05, 0) is 13.3 Å². The number of aryl methyl sites for hydroxylation is 3. The molecule has 0 radical (unpaired) electrons. The van der Waals surface area contributed by atoms with Crippen molar-refractivity contribution < 1.29 is 4.79 Å². The molecule has 0 saturated heterocycles. The lowest BCUT2D eigenvalue weighted by atomic mass is 10.2. The van der Waals surface area contributed by atoms with E-state index in [4.69, 9.17) is 0 Å². The molecule has 0 atom stereocenters. The molecule has 0 aliphatic carbocycles. The summed E-state index contributed by atoms with van der Waals surface area (Å²) in [4.78, 5) is 18.1. The maximum Gasteiger partial charge on any atom is 0.257 e. The van der Waals surface area contributed by atoms with Crippen molar-refractivity contribution in [2.45, 2.75) is 26.8 Å². The quantitative estimate of drug-likeness (QED) is 0.878. The molecule has 0 aliphatic heterocycles. The molecule has 0 fully saturated rings. The van der Waals surface area contributed by atoms with Crippen molar-refractivity contribution in [3.63, 3.8) is 0 Å². The van der Waals surface area contributed by atoms with Gasteiger partial charge in [0.15, 0.2) is 5.82 Å². The average Bonchev–Trinajstić information content (AvgIpc) is 2.94. The Labute approximate surface area is 111 Å². The van der Waals surface area contributed by atoms with E-state index in [0.29, 0.717) is 17.9 Å². The molecule has 1 amide bonds. The molecule has 102 valence electrons. The highest BCUT2D eigenvalue weighted by Gasteiger charge is 2.19. The van der Waals surface area contributed by atoms with Crippen molar-refractivity contribution in [3.8, 4) is 0 Å². The Morgan fingerprint density at radius 2 is 2.26 bits per heavy atom. The van der Waals surface area contributed by atoms with Crippen LogP contribution in [0.1, 0.15) is 34.6 Å². The van der Waals surface area contributed by atoms with Gasteiger partial charge < -0.3 is 4.90 Å². The van der Waals surface area contributed by atoms with Gasteiger partial charge in [0.05, 0.1) is 17.8 Å². The van der Waals surface area contributed by atoms with Gasteiger partial charge in [-0.25, -0.2) is 4.98 Å². The molecule has 2 aromatic heterocycles. The van der Waals surface area contributed by atoms with E-state index in [1.54, 1.807) is 22.8 Å². The molecule has 0 aliphatic rings. The van der Waals surface area contributed by atoms with E-state index in [0.717, 1.165) is 17.9 Å². The zero-order valence-electron chi connectivity index (χ0n) is 11.6. The molecule has 7 heteroatoms. The summed E-state index contributed by atoms with van der Waals surface area (Å²) in [6, 6.07) is 0. The zero-order chi connectivity index (χ0) is 14.0. The number of aromatic amines is 1. The molecule has 1 N–H and O–H groups in total. The number of nitrogens with zero attached hydrogens (tertiary/aromatic N) is 5. The van der Waals surface area contributed by atoms with Crippen molar-refractivity contribution >= 4 is 5.91 Å². The average molecular weight is 262 g/mol. The molecule has 0 spiro atoms. The van der Waals surface area contributed by atoms with Crippen LogP contribution >= 0.6 is 0 Å². The Balaban J connectivity index is 2.14. The van der Waals surface area contributed by atoms with Crippen LogP contribution in [-0.2, 0) is 20.0 Å². The van der Waals surface area contributed by atoms with Crippen molar-refractivity contribution in [2.24, 2.45) is 7.05 Å². The van der Waals surface area contributed by atoms with Crippen LogP contribution in [0.2, 0.25) is 0 Å². The Morgan fingerprint density at radius 3 is 2.84 bits per heavy atom. The van der Waals surface area contributed by atoms with Crippen LogP contribution in [0, 0.1) is 6.92 Å². The maximum atomic E-state index is 12.4. The third kappa shape index (κ3) is 2.81. The maximum absolute atomic E-state index is 12.4. The summed E-state index contributed by atoms with van der Waals surface area (Å²) >= 11 is 0. The van der Waals surface area contributed by atoms with Gasteiger partial charge >= 0.3 is 0 Å². The van der Waals surface area contributed by atoms with Crippen molar-refractivity contribution in [2.75, 3.05) is 7.05 Å². The second kappa shape index (κ2) is 5.21. The van der Waals surface area contributed by atoms with Crippen molar-refractivity contribution in [1.29, 1.82) is 0 Å². The molecule has 0 bridgehead atoms. The van der Waals surface area contributed by atoms with Gasteiger partial charge in [-0.3, -0.25) is 14.6 Å². The van der Waals surface area contributed by atoms with Gasteiger partial charge in [-0.1, -0.05) is 6.92 Å². The van der Waals surface area contributed by atoms with Crippen LogP contribution in [0.4, 0.5) is 0 Å². The summed E-state index contributed by atoms with van der Waals surface area (Å²) in [5, 5.41) is 11.1. The smallest absolute Gasteiger partial charge is 0.257 e. The SMILES string of the molecule is CCc1nn(C)cc1C(=O)N(C)Cc1n[nH]c(C)n1. The van der Waals surface area contributed by atoms with E-state index in [1.165, 1.54) is 0 Å². The summed E-state index contributed by atoms with van der Waals surface area (Å²) in [6.07, 6.45) is 2.48. The van der Waals surface area contributed by atoms with Crippen LogP contribution in [0.3, 0.4) is 0 Å². The molecule has 2 heterocycles. The van der Waals surface area contributed by atoms with Gasteiger partial charge in [0, 0.05) is 20.3 Å². The topological polar surface area (TPSA) is 79.7 Å². The molecule has 19 heavy (non-hydrogen) atoms. The van der Waals surface area contributed by atoms with Gasteiger partial charge in [0.1, 0.15) is 5.82 Å². The van der Waals surface area contributed by atoms with Gasteiger partial charge in [-0.15, -0.1) is 0 Å². The van der Waals surface area contributed by atoms with E-state index in [-0.39, 0.29) is 5.91 Å². The fraction of sp³-hybridized carbons (Fsp3) is 0.500. The standard InChI is InChI=1S/C12H18N6O/c1-5-10-9(6-18(4)16-10)12(19)17(3)7-11-13-8(2)14-15-11/h6H,5,7H2,1-4H3,(H,13,14,15). The van der Waals surface area contributed by atoms with E-state index in [2.05, 4.69) is 20.3 Å². The van der Waals surface area contributed by atoms with E-state index in [9.17, 15) is 4.79 Å². The number of hydrogen-bond acceptors (Lipinski definition) is 4. The van der Waals surface area contributed by atoms with E-state index >= 15 is 0 Å². The Bertz CT molecular complexity index is 585. The van der Waals surface area contributed by atoms with Crippen LogP contribution in [0.5, 0.6) is 0 Å². The third-order valence-corrected chi connectivity index (χ3v) is 2.84. The predicted molar refractivity (Wildman–Crippen MR) is 69.5 cm³/mol. The molecule has 2 aromatic rings. The number of H-pyrrole nitrogens is 1. The third-order valence-electron chi connectivity index (χ3n) is 2.84. The highest BCUT2D eigenvalue weighted by Crippen LogP contribution is 2.11. The second-order valence-electron chi connectivity index (χ2n) is 4.51. The monoisotopic (exact) mass is 262 g/mol. The number of carbonyl (C=O) groups is 1. The summed E-state index contributed by atoms with van der Waals surface area (Å²) in [6.45, 7) is 4.19. The number of carbonyl (C=O) groups excluding carboxylic acids is 1. The van der Waals surface area contributed by atoms with Gasteiger partial charge in [0.25, 0.3) is 5.91 Å². The first kappa shape index (κ1) is 13.3. The summed E-state index contributed by atoms with van der Waals surface area (Å²) in [5.74, 6) is 1.29. The minimum atomic E-state index is -0.0626. The summed E-state index contributed by atoms with van der Waals surface area (Å²) in [7, 11) is 3.55. The Morgan fingerprint density at radius 1 is 1.53 bits per heavy atom. The largest absolute Gasteiger partial charge is 0.334 e. The molecule has 2 rings (SSSR count). The van der Waals surface area contributed by atoms with E-state index < -0.39 is 0 Å². The summed E-state index contributed by atoms with van der Waals surface area (Å²) in [5.41, 5.74) is 1.45. The molecule has 0 aromatic carbocycles. The molecule has 7 nitrogen and oxygen atoms in total. The van der Waals surface area contributed by atoms with Crippen LogP contribution in [0.25, 0.3) is 0 Å². The molecule has 0 saturated carbocycles. The highest BCUT2D eigenvalue weighted by atomic mass is 16.2. The normalized spacial score (nSPS) is 10.7. The fourth-order valence-electron chi connectivity index (χ4n) is 1.92.